The van der Waals surface area contributed by atoms with Crippen molar-refractivity contribution in [2.45, 2.75) is 53.4 Å². The molecular formula is C26H36. The number of hydrogen-bond donors (Lipinski definition) is 0. The Bertz CT molecular complexity index is 588. The van der Waals surface area contributed by atoms with E-state index in [-0.39, 0.29) is 0 Å². The first-order valence-corrected chi connectivity index (χ1v) is 9.47. The molecule has 26 heavy (non-hydrogen) atoms. The number of aryl methyl sites for hydroxylation is 1. The second kappa shape index (κ2) is 20.5. The average molecular weight is 349 g/mol. The van der Waals surface area contributed by atoms with Crippen LogP contribution in [0.3, 0.4) is 0 Å². The zero-order valence-electron chi connectivity index (χ0n) is 17.1. The molecule has 0 saturated carbocycles. The van der Waals surface area contributed by atoms with Crippen LogP contribution in [0.2, 0.25) is 0 Å². The Morgan fingerprint density at radius 3 is 2.00 bits per heavy atom. The van der Waals surface area contributed by atoms with Crippen LogP contribution in [0.4, 0.5) is 0 Å². The molecule has 0 aromatic heterocycles. The second-order valence-corrected chi connectivity index (χ2v) is 5.29. The third-order valence-electron chi connectivity index (χ3n) is 3.36. The Morgan fingerprint density at radius 2 is 1.42 bits per heavy atom. The van der Waals surface area contributed by atoms with Gasteiger partial charge in [-0.15, -0.1) is 19.4 Å². The second-order valence-electron chi connectivity index (χ2n) is 5.29. The number of unbranched alkanes of at least 4 members (excludes halogenated alkanes) is 2. The third kappa shape index (κ3) is 12.8. The molecule has 0 aliphatic heterocycles. The van der Waals surface area contributed by atoms with E-state index in [1.807, 2.05) is 20.8 Å². The van der Waals surface area contributed by atoms with Gasteiger partial charge >= 0.3 is 0 Å². The lowest BCUT2D eigenvalue weighted by molar-refractivity contribution is 0.747. The maximum Gasteiger partial charge on any atom is -0.0181 e. The molecule has 140 valence electrons. The Morgan fingerprint density at radius 1 is 0.846 bits per heavy atom. The third-order valence-corrected chi connectivity index (χ3v) is 3.36. The fourth-order valence-electron chi connectivity index (χ4n) is 2.29. The highest BCUT2D eigenvalue weighted by molar-refractivity contribution is 5.63. The normalized spacial score (nSPS) is 8.85. The van der Waals surface area contributed by atoms with Crippen molar-refractivity contribution in [1.82, 2.24) is 0 Å². The summed E-state index contributed by atoms with van der Waals surface area (Å²) in [7, 11) is 0. The van der Waals surface area contributed by atoms with Gasteiger partial charge in [0.2, 0.25) is 0 Å². The first-order valence-electron chi connectivity index (χ1n) is 9.47. The average Bonchev–Trinajstić information content (AvgIpc) is 2.72. The minimum Gasteiger partial charge on any atom is -0.124 e. The minimum atomic E-state index is 1.18. The van der Waals surface area contributed by atoms with Crippen LogP contribution in [0.15, 0.2) is 79.4 Å². The highest BCUT2D eigenvalue weighted by atomic mass is 14.0. The van der Waals surface area contributed by atoms with Crippen LogP contribution in [0, 0.1) is 12.8 Å². The predicted octanol–water partition coefficient (Wildman–Crippen LogP) is 8.11. The first-order chi connectivity index (χ1) is 12.8. The van der Waals surface area contributed by atoms with Crippen molar-refractivity contribution in [3.05, 3.63) is 85.0 Å². The summed E-state index contributed by atoms with van der Waals surface area (Å²) in [6.07, 6.45) is 19.1. The van der Waals surface area contributed by atoms with Gasteiger partial charge in [-0.05, 0) is 56.2 Å². The largest absolute Gasteiger partial charge is 0.124 e. The lowest BCUT2D eigenvalue weighted by atomic mass is 10.0. The number of hydrogen-bond acceptors (Lipinski definition) is 0. The summed E-state index contributed by atoms with van der Waals surface area (Å²) in [5.74, 6) is 0. The van der Waals surface area contributed by atoms with Crippen LogP contribution in [0.25, 0.3) is 11.1 Å². The lowest BCUT2D eigenvalue weighted by Gasteiger charge is -2.05. The standard InChI is InChI=1S/C19H22.C3H6.C2H6.C2H2/c1-2-3-4-5-7-11-17-12-10-15-19(16-17)18-13-8-6-9-14-18;1-3-2;2*1-2/h2-3,6,8-10,12-16H,4-5,7,11H2,1H3;3H,1H2,2H3;1-2H3;1-2H/b3-2+;;;. The maximum atomic E-state index is 4.00. The molecule has 0 bridgehead atoms. The summed E-state index contributed by atoms with van der Waals surface area (Å²) in [6, 6.07) is 19.5. The fraction of sp³-hybridized carbons (Fsp3) is 0.308. The van der Waals surface area contributed by atoms with Crippen LogP contribution < -0.4 is 0 Å². The molecule has 2 rings (SSSR count). The van der Waals surface area contributed by atoms with Gasteiger partial charge in [-0.25, -0.2) is 0 Å². The Kier molecular flexibility index (Phi) is 20.3. The summed E-state index contributed by atoms with van der Waals surface area (Å²) in [6.45, 7) is 11.3. The monoisotopic (exact) mass is 348 g/mol. The van der Waals surface area contributed by atoms with Gasteiger partial charge in [-0.1, -0.05) is 86.7 Å². The molecule has 2 aromatic rings. The molecule has 0 amide bonds. The number of allylic oxidation sites excluding steroid dienone is 3. The quantitative estimate of drug-likeness (QED) is 0.281. The SMILES string of the molecule is C#C.C/C=C/CCCCc1cccc(-c2ccccc2)c1.C=CC.CC. The Labute approximate surface area is 162 Å². The minimum absolute atomic E-state index is 1.18. The first kappa shape index (κ1) is 25.7. The van der Waals surface area contributed by atoms with Gasteiger partial charge in [0.15, 0.2) is 0 Å². The highest BCUT2D eigenvalue weighted by Crippen LogP contribution is 2.20. The molecule has 0 unspecified atom stereocenters. The van der Waals surface area contributed by atoms with E-state index in [9.17, 15) is 0 Å². The molecule has 0 spiro atoms. The molecule has 0 aliphatic carbocycles. The lowest BCUT2D eigenvalue weighted by Crippen LogP contribution is -1.86. The molecule has 2 aromatic carbocycles. The van der Waals surface area contributed by atoms with Gasteiger partial charge in [0, 0.05) is 0 Å². The van der Waals surface area contributed by atoms with Gasteiger partial charge in [0.1, 0.15) is 0 Å². The fourth-order valence-corrected chi connectivity index (χ4v) is 2.29. The summed E-state index contributed by atoms with van der Waals surface area (Å²) < 4.78 is 0. The van der Waals surface area contributed by atoms with Gasteiger partial charge in [-0.2, -0.15) is 0 Å². The predicted molar refractivity (Wildman–Crippen MR) is 121 cm³/mol. The van der Waals surface area contributed by atoms with Crippen molar-refractivity contribution >= 4 is 0 Å². The smallest absolute Gasteiger partial charge is 0.0181 e. The number of benzene rings is 2. The van der Waals surface area contributed by atoms with Crippen molar-refractivity contribution in [2.75, 3.05) is 0 Å². The maximum absolute atomic E-state index is 4.00. The molecule has 0 N–H and O–H groups in total. The van der Waals surface area contributed by atoms with Gasteiger partial charge < -0.3 is 0 Å². The molecule has 0 heteroatoms. The van der Waals surface area contributed by atoms with E-state index >= 15 is 0 Å². The van der Waals surface area contributed by atoms with Gasteiger partial charge in [0.05, 0.1) is 0 Å². The van der Waals surface area contributed by atoms with Crippen LogP contribution in [0.5, 0.6) is 0 Å². The van der Waals surface area contributed by atoms with E-state index < -0.39 is 0 Å². The van der Waals surface area contributed by atoms with Crippen molar-refractivity contribution in [3.8, 4) is 24.0 Å². The summed E-state index contributed by atoms with van der Waals surface area (Å²) >= 11 is 0. The van der Waals surface area contributed by atoms with E-state index in [1.54, 1.807) is 6.08 Å². The van der Waals surface area contributed by atoms with E-state index in [2.05, 4.69) is 93.1 Å². The Hall–Kier alpha value is -2.52. The van der Waals surface area contributed by atoms with Crippen LogP contribution in [0.1, 0.15) is 52.5 Å². The van der Waals surface area contributed by atoms with Crippen molar-refractivity contribution in [3.63, 3.8) is 0 Å². The molecule has 0 heterocycles. The highest BCUT2D eigenvalue weighted by Gasteiger charge is 1.98. The van der Waals surface area contributed by atoms with Crippen LogP contribution >= 0.6 is 0 Å². The summed E-state index contributed by atoms with van der Waals surface area (Å²) in [5.41, 5.74) is 4.08. The zero-order chi connectivity index (χ0) is 20.0. The van der Waals surface area contributed by atoms with Crippen molar-refractivity contribution in [1.29, 1.82) is 0 Å². The van der Waals surface area contributed by atoms with Crippen LogP contribution in [-0.4, -0.2) is 0 Å². The molecule has 0 fully saturated rings. The topological polar surface area (TPSA) is 0 Å². The van der Waals surface area contributed by atoms with E-state index in [0.29, 0.717) is 0 Å². The van der Waals surface area contributed by atoms with Gasteiger partial charge in [0.25, 0.3) is 0 Å². The number of rotatable bonds is 6. The molecule has 0 atom stereocenters. The number of terminal acetylenes is 1. The summed E-state index contributed by atoms with van der Waals surface area (Å²) in [4.78, 5) is 0. The van der Waals surface area contributed by atoms with E-state index in [1.165, 1.54) is 42.4 Å². The molecule has 0 radical (unpaired) electrons. The van der Waals surface area contributed by atoms with Gasteiger partial charge in [-0.3, -0.25) is 0 Å². The molecular weight excluding hydrogens is 312 g/mol. The summed E-state index contributed by atoms with van der Waals surface area (Å²) in [5, 5.41) is 0. The van der Waals surface area contributed by atoms with Crippen molar-refractivity contribution < 1.29 is 0 Å². The zero-order valence-corrected chi connectivity index (χ0v) is 17.1. The Balaban J connectivity index is 0. The molecule has 0 aliphatic rings. The molecule has 0 saturated heterocycles. The van der Waals surface area contributed by atoms with Crippen molar-refractivity contribution in [2.24, 2.45) is 0 Å². The van der Waals surface area contributed by atoms with Crippen LogP contribution in [-0.2, 0) is 6.42 Å². The van der Waals surface area contributed by atoms with E-state index in [0.717, 1.165) is 0 Å². The molecule has 0 nitrogen and oxygen atoms in total. The van der Waals surface area contributed by atoms with E-state index in [4.69, 9.17) is 0 Å².